The second kappa shape index (κ2) is 7.31. The first kappa shape index (κ1) is 15.6. The molecular formula is C16H24N2O3. The topological polar surface area (TPSA) is 70.6 Å². The molecule has 0 saturated heterocycles. The van der Waals surface area contributed by atoms with E-state index >= 15 is 0 Å². The van der Waals surface area contributed by atoms with Gasteiger partial charge in [-0.25, -0.2) is 4.79 Å². The Hall–Kier alpha value is -1.75. The molecule has 0 aliphatic heterocycles. The van der Waals surface area contributed by atoms with E-state index in [9.17, 15) is 9.90 Å². The quantitative estimate of drug-likeness (QED) is 0.799. The third-order valence-electron chi connectivity index (χ3n) is 3.53. The highest BCUT2D eigenvalue weighted by Gasteiger charge is 2.24. The molecule has 1 aromatic carbocycles. The van der Waals surface area contributed by atoms with Gasteiger partial charge in [-0.05, 0) is 51.0 Å². The van der Waals surface area contributed by atoms with Gasteiger partial charge in [0.1, 0.15) is 5.75 Å². The first-order valence-electron chi connectivity index (χ1n) is 7.57. The van der Waals surface area contributed by atoms with Crippen LogP contribution in [0.25, 0.3) is 0 Å². The van der Waals surface area contributed by atoms with Gasteiger partial charge in [0.2, 0.25) is 0 Å². The number of aliphatic hydroxyl groups is 1. The second-order valence-corrected chi connectivity index (χ2v) is 5.75. The fourth-order valence-corrected chi connectivity index (χ4v) is 2.50. The Morgan fingerprint density at radius 2 is 1.90 bits per heavy atom. The Balaban J connectivity index is 1.84. The summed E-state index contributed by atoms with van der Waals surface area (Å²) in [6.45, 7) is 3.93. The van der Waals surface area contributed by atoms with Crippen LogP contribution < -0.4 is 15.4 Å². The average Bonchev–Trinajstić information content (AvgIpc) is 2.43. The summed E-state index contributed by atoms with van der Waals surface area (Å²) < 4.78 is 5.55. The van der Waals surface area contributed by atoms with Gasteiger partial charge in [0.05, 0.1) is 18.2 Å². The van der Waals surface area contributed by atoms with Crippen LogP contribution in [0.15, 0.2) is 24.3 Å². The summed E-state index contributed by atoms with van der Waals surface area (Å²) in [5, 5.41) is 15.5. The van der Waals surface area contributed by atoms with Crippen LogP contribution in [-0.4, -0.2) is 29.4 Å². The second-order valence-electron chi connectivity index (χ2n) is 5.75. The molecule has 1 fully saturated rings. The number of ether oxygens (including phenoxy) is 1. The standard InChI is InChI=1S/C16H24N2O3/c1-11(2)21-13-9-7-12(8-10-13)17-16(20)18-14-5-3-4-6-15(14)19/h7-11,14-15,19H,3-6H2,1-2H3,(H2,17,18,20). The zero-order valence-corrected chi connectivity index (χ0v) is 12.6. The van der Waals surface area contributed by atoms with Crippen molar-refractivity contribution in [2.24, 2.45) is 0 Å². The first-order chi connectivity index (χ1) is 10.0. The highest BCUT2D eigenvalue weighted by molar-refractivity contribution is 5.89. The number of benzene rings is 1. The van der Waals surface area contributed by atoms with Crippen molar-refractivity contribution in [2.75, 3.05) is 5.32 Å². The van der Waals surface area contributed by atoms with E-state index in [1.54, 1.807) is 12.1 Å². The molecule has 21 heavy (non-hydrogen) atoms. The van der Waals surface area contributed by atoms with Gasteiger partial charge >= 0.3 is 6.03 Å². The fraction of sp³-hybridized carbons (Fsp3) is 0.562. The highest BCUT2D eigenvalue weighted by Crippen LogP contribution is 2.19. The fourth-order valence-electron chi connectivity index (χ4n) is 2.50. The smallest absolute Gasteiger partial charge is 0.319 e. The zero-order chi connectivity index (χ0) is 15.2. The number of hydrogen-bond acceptors (Lipinski definition) is 3. The minimum absolute atomic E-state index is 0.125. The number of urea groups is 1. The molecule has 3 N–H and O–H groups in total. The van der Waals surface area contributed by atoms with Crippen LogP contribution in [-0.2, 0) is 0 Å². The van der Waals surface area contributed by atoms with Gasteiger partial charge < -0.3 is 20.5 Å². The first-order valence-corrected chi connectivity index (χ1v) is 7.57. The van der Waals surface area contributed by atoms with E-state index in [4.69, 9.17) is 4.74 Å². The van der Waals surface area contributed by atoms with Crippen LogP contribution in [0.4, 0.5) is 10.5 Å². The third-order valence-corrected chi connectivity index (χ3v) is 3.53. The summed E-state index contributed by atoms with van der Waals surface area (Å²) in [7, 11) is 0. The molecular weight excluding hydrogens is 268 g/mol. The van der Waals surface area contributed by atoms with Crippen molar-refractivity contribution in [2.45, 2.75) is 57.8 Å². The number of aliphatic hydroxyl groups excluding tert-OH is 1. The maximum absolute atomic E-state index is 11.9. The van der Waals surface area contributed by atoms with Crippen molar-refractivity contribution in [1.29, 1.82) is 0 Å². The van der Waals surface area contributed by atoms with E-state index in [0.717, 1.165) is 31.4 Å². The van der Waals surface area contributed by atoms with E-state index in [1.165, 1.54) is 0 Å². The van der Waals surface area contributed by atoms with Gasteiger partial charge in [-0.15, -0.1) is 0 Å². The summed E-state index contributed by atoms with van der Waals surface area (Å²) in [6.07, 6.45) is 3.34. The Morgan fingerprint density at radius 3 is 2.52 bits per heavy atom. The maximum atomic E-state index is 11.9. The van der Waals surface area contributed by atoms with Crippen LogP contribution >= 0.6 is 0 Å². The average molecular weight is 292 g/mol. The van der Waals surface area contributed by atoms with E-state index in [1.807, 2.05) is 26.0 Å². The molecule has 1 aliphatic rings. The van der Waals surface area contributed by atoms with Crippen molar-refractivity contribution >= 4 is 11.7 Å². The van der Waals surface area contributed by atoms with Gasteiger partial charge in [-0.1, -0.05) is 12.8 Å². The molecule has 0 spiro atoms. The Labute approximate surface area is 125 Å². The largest absolute Gasteiger partial charge is 0.491 e. The summed E-state index contributed by atoms with van der Waals surface area (Å²) in [5.41, 5.74) is 0.703. The lowest BCUT2D eigenvalue weighted by Crippen LogP contribution is -2.46. The summed E-state index contributed by atoms with van der Waals surface area (Å²) >= 11 is 0. The number of carbonyl (C=O) groups is 1. The lowest BCUT2D eigenvalue weighted by Gasteiger charge is -2.28. The minimum atomic E-state index is -0.439. The van der Waals surface area contributed by atoms with Crippen molar-refractivity contribution < 1.29 is 14.6 Å². The molecule has 116 valence electrons. The molecule has 0 heterocycles. The molecule has 5 nitrogen and oxygen atoms in total. The highest BCUT2D eigenvalue weighted by atomic mass is 16.5. The Kier molecular flexibility index (Phi) is 5.44. The van der Waals surface area contributed by atoms with E-state index in [2.05, 4.69) is 10.6 Å². The number of anilines is 1. The molecule has 0 bridgehead atoms. The van der Waals surface area contributed by atoms with Crippen molar-refractivity contribution in [3.05, 3.63) is 24.3 Å². The molecule has 0 aromatic heterocycles. The van der Waals surface area contributed by atoms with Gasteiger partial charge in [-0.2, -0.15) is 0 Å². The zero-order valence-electron chi connectivity index (χ0n) is 12.6. The molecule has 2 amide bonds. The van der Waals surface area contributed by atoms with E-state index in [0.29, 0.717) is 5.69 Å². The lowest BCUT2D eigenvalue weighted by molar-refractivity contribution is 0.0955. The van der Waals surface area contributed by atoms with Gasteiger partial charge in [0.15, 0.2) is 0 Å². The molecule has 5 heteroatoms. The Bertz CT molecular complexity index is 459. The minimum Gasteiger partial charge on any atom is -0.491 e. The molecule has 2 atom stereocenters. The predicted octanol–water partition coefficient (Wildman–Crippen LogP) is 2.90. The predicted molar refractivity (Wildman–Crippen MR) is 82.6 cm³/mol. The Morgan fingerprint density at radius 1 is 1.24 bits per heavy atom. The van der Waals surface area contributed by atoms with Crippen LogP contribution in [0.3, 0.4) is 0 Å². The van der Waals surface area contributed by atoms with Gasteiger partial charge in [-0.3, -0.25) is 0 Å². The van der Waals surface area contributed by atoms with Crippen molar-refractivity contribution in [3.63, 3.8) is 0 Å². The molecule has 2 rings (SSSR count). The van der Waals surface area contributed by atoms with Crippen LogP contribution in [0, 0.1) is 0 Å². The number of amides is 2. The SMILES string of the molecule is CC(C)Oc1ccc(NC(=O)NC2CCCCC2O)cc1. The molecule has 1 aromatic rings. The van der Waals surface area contributed by atoms with E-state index < -0.39 is 6.10 Å². The number of nitrogens with one attached hydrogen (secondary N) is 2. The molecule has 1 saturated carbocycles. The number of hydrogen-bond donors (Lipinski definition) is 3. The molecule has 1 aliphatic carbocycles. The summed E-state index contributed by atoms with van der Waals surface area (Å²) in [4.78, 5) is 11.9. The summed E-state index contributed by atoms with van der Waals surface area (Å²) in [5.74, 6) is 0.777. The number of rotatable bonds is 4. The van der Waals surface area contributed by atoms with Crippen LogP contribution in [0.1, 0.15) is 39.5 Å². The monoisotopic (exact) mass is 292 g/mol. The van der Waals surface area contributed by atoms with E-state index in [-0.39, 0.29) is 18.2 Å². The van der Waals surface area contributed by atoms with Crippen LogP contribution in [0.5, 0.6) is 5.75 Å². The van der Waals surface area contributed by atoms with Gasteiger partial charge in [0, 0.05) is 5.69 Å². The summed E-state index contributed by atoms with van der Waals surface area (Å²) in [6, 6.07) is 6.82. The molecule has 0 radical (unpaired) electrons. The maximum Gasteiger partial charge on any atom is 0.319 e. The number of carbonyl (C=O) groups excluding carboxylic acids is 1. The lowest BCUT2D eigenvalue weighted by atomic mass is 9.93. The van der Waals surface area contributed by atoms with Gasteiger partial charge in [0.25, 0.3) is 0 Å². The van der Waals surface area contributed by atoms with Crippen LogP contribution in [0.2, 0.25) is 0 Å². The molecule has 2 unspecified atom stereocenters. The normalized spacial score (nSPS) is 21.9. The van der Waals surface area contributed by atoms with Crippen molar-refractivity contribution in [3.8, 4) is 5.75 Å². The third kappa shape index (κ3) is 4.93. The van der Waals surface area contributed by atoms with Crippen molar-refractivity contribution in [1.82, 2.24) is 5.32 Å².